The van der Waals surface area contributed by atoms with E-state index in [1.54, 1.807) is 17.6 Å². The summed E-state index contributed by atoms with van der Waals surface area (Å²) in [5.41, 5.74) is 0.612. The highest BCUT2D eigenvalue weighted by atomic mass is 16.5. The molecule has 128 valence electrons. The number of amides is 1. The summed E-state index contributed by atoms with van der Waals surface area (Å²) in [7, 11) is 0. The number of nitrogens with zero attached hydrogens (tertiary/aromatic N) is 3. The molecule has 2 aromatic rings. The molecule has 3 rings (SSSR count). The monoisotopic (exact) mass is 329 g/mol. The summed E-state index contributed by atoms with van der Waals surface area (Å²) < 4.78 is 7.19. The fourth-order valence-electron chi connectivity index (χ4n) is 3.10. The molecule has 0 unspecified atom stereocenters. The van der Waals surface area contributed by atoms with Gasteiger partial charge in [-0.1, -0.05) is 19.1 Å². The molecule has 1 atom stereocenters. The molecule has 6 nitrogen and oxygen atoms in total. The van der Waals surface area contributed by atoms with Crippen LogP contribution in [0.3, 0.4) is 0 Å². The van der Waals surface area contributed by atoms with E-state index < -0.39 is 0 Å². The van der Waals surface area contributed by atoms with Gasteiger partial charge in [-0.2, -0.15) is 0 Å². The Balaban J connectivity index is 1.73. The fraction of sp³-hybridized carbons (Fsp3) is 0.500. The summed E-state index contributed by atoms with van der Waals surface area (Å²) in [4.78, 5) is 31.4. The quantitative estimate of drug-likeness (QED) is 0.857. The second-order valence-corrected chi connectivity index (χ2v) is 6.12. The van der Waals surface area contributed by atoms with Gasteiger partial charge in [0.2, 0.25) is 5.91 Å². The highest BCUT2D eigenvalue weighted by molar-refractivity contribution is 5.78. The number of ether oxygens (including phenoxy) is 1. The van der Waals surface area contributed by atoms with Gasteiger partial charge in [-0.05, 0) is 25.5 Å². The van der Waals surface area contributed by atoms with Crippen LogP contribution in [0.2, 0.25) is 0 Å². The molecule has 0 radical (unpaired) electrons. The summed E-state index contributed by atoms with van der Waals surface area (Å²) in [5.74, 6) is 0.705. The van der Waals surface area contributed by atoms with Crippen LogP contribution in [0.25, 0.3) is 10.9 Å². The third-order valence-corrected chi connectivity index (χ3v) is 4.55. The van der Waals surface area contributed by atoms with Gasteiger partial charge < -0.3 is 9.64 Å². The third-order valence-electron chi connectivity index (χ3n) is 4.55. The molecule has 1 aliphatic rings. The standard InChI is InChI=1S/C18H23N3O3/c1-3-14-12-20(10-11-24-14)17(22)8-9-21-13(2)19-16-7-5-4-6-15(16)18(21)23/h4-7,14H,3,8-12H2,1-2H3/t14-/m0/s1. The molecule has 1 saturated heterocycles. The number of rotatable bonds is 4. The summed E-state index contributed by atoms with van der Waals surface area (Å²) in [6.07, 6.45) is 1.32. The van der Waals surface area contributed by atoms with Crippen LogP contribution >= 0.6 is 0 Å². The van der Waals surface area contributed by atoms with Crippen molar-refractivity contribution in [1.82, 2.24) is 14.5 Å². The van der Waals surface area contributed by atoms with Crippen molar-refractivity contribution in [2.24, 2.45) is 0 Å². The van der Waals surface area contributed by atoms with E-state index in [2.05, 4.69) is 11.9 Å². The van der Waals surface area contributed by atoms with Gasteiger partial charge in [0.15, 0.2) is 0 Å². The summed E-state index contributed by atoms with van der Waals surface area (Å²) in [5, 5.41) is 0.591. The molecular formula is C18H23N3O3. The molecule has 2 heterocycles. The Bertz CT molecular complexity index is 800. The van der Waals surface area contributed by atoms with Crippen molar-refractivity contribution in [2.75, 3.05) is 19.7 Å². The number of aromatic nitrogens is 2. The molecule has 1 aromatic heterocycles. The van der Waals surface area contributed by atoms with E-state index in [4.69, 9.17) is 4.74 Å². The zero-order valence-corrected chi connectivity index (χ0v) is 14.2. The van der Waals surface area contributed by atoms with Crippen LogP contribution in [0.15, 0.2) is 29.1 Å². The predicted octanol–water partition coefficient (Wildman–Crippen LogP) is 1.73. The van der Waals surface area contributed by atoms with Gasteiger partial charge in [0, 0.05) is 26.1 Å². The van der Waals surface area contributed by atoms with Crippen LogP contribution in [-0.2, 0) is 16.1 Å². The Morgan fingerprint density at radius 2 is 2.17 bits per heavy atom. The fourth-order valence-corrected chi connectivity index (χ4v) is 3.10. The highest BCUT2D eigenvalue weighted by Gasteiger charge is 2.23. The number of aryl methyl sites for hydroxylation is 1. The third kappa shape index (κ3) is 3.33. The van der Waals surface area contributed by atoms with Gasteiger partial charge in [0.1, 0.15) is 5.82 Å². The first-order valence-electron chi connectivity index (χ1n) is 8.45. The lowest BCUT2D eigenvalue weighted by molar-refractivity contribution is -0.139. The number of carbonyl (C=O) groups excluding carboxylic acids is 1. The summed E-state index contributed by atoms with van der Waals surface area (Å²) in [6, 6.07) is 7.30. The number of carbonyl (C=O) groups is 1. The number of hydrogen-bond acceptors (Lipinski definition) is 4. The first-order chi connectivity index (χ1) is 11.6. The van der Waals surface area contributed by atoms with Crippen molar-refractivity contribution in [3.05, 3.63) is 40.4 Å². The van der Waals surface area contributed by atoms with Gasteiger partial charge in [0.25, 0.3) is 5.56 Å². The summed E-state index contributed by atoms with van der Waals surface area (Å²) in [6.45, 7) is 6.07. The minimum absolute atomic E-state index is 0.0659. The van der Waals surface area contributed by atoms with Crippen LogP contribution in [0.1, 0.15) is 25.6 Å². The molecule has 0 bridgehead atoms. The van der Waals surface area contributed by atoms with E-state index in [-0.39, 0.29) is 17.6 Å². The van der Waals surface area contributed by atoms with Crippen molar-refractivity contribution in [1.29, 1.82) is 0 Å². The zero-order valence-electron chi connectivity index (χ0n) is 14.2. The van der Waals surface area contributed by atoms with Gasteiger partial charge in [-0.3, -0.25) is 14.2 Å². The topological polar surface area (TPSA) is 64.4 Å². The van der Waals surface area contributed by atoms with Gasteiger partial charge >= 0.3 is 0 Å². The van der Waals surface area contributed by atoms with Gasteiger partial charge in [0.05, 0.1) is 23.6 Å². The second-order valence-electron chi connectivity index (χ2n) is 6.12. The predicted molar refractivity (Wildman–Crippen MR) is 92.0 cm³/mol. The number of hydrogen-bond donors (Lipinski definition) is 0. The smallest absolute Gasteiger partial charge is 0.261 e. The number of para-hydroxylation sites is 1. The number of fused-ring (bicyclic) bond motifs is 1. The normalized spacial score (nSPS) is 18.1. The minimum atomic E-state index is -0.0840. The zero-order chi connectivity index (χ0) is 17.1. The lowest BCUT2D eigenvalue weighted by Crippen LogP contribution is -2.45. The second kappa shape index (κ2) is 7.13. The molecule has 0 aliphatic carbocycles. The highest BCUT2D eigenvalue weighted by Crippen LogP contribution is 2.11. The molecule has 0 spiro atoms. The average molecular weight is 329 g/mol. The van der Waals surface area contributed by atoms with Crippen molar-refractivity contribution >= 4 is 16.8 Å². The van der Waals surface area contributed by atoms with E-state index in [1.807, 2.05) is 23.1 Å². The Kier molecular flexibility index (Phi) is 4.94. The van der Waals surface area contributed by atoms with E-state index in [9.17, 15) is 9.59 Å². The van der Waals surface area contributed by atoms with Crippen molar-refractivity contribution in [2.45, 2.75) is 39.3 Å². The average Bonchev–Trinajstić information content (AvgIpc) is 2.61. The van der Waals surface area contributed by atoms with E-state index in [0.29, 0.717) is 49.4 Å². The molecule has 1 fully saturated rings. The lowest BCUT2D eigenvalue weighted by Gasteiger charge is -2.32. The molecule has 0 saturated carbocycles. The molecule has 6 heteroatoms. The molecule has 24 heavy (non-hydrogen) atoms. The van der Waals surface area contributed by atoms with Crippen LogP contribution in [0.5, 0.6) is 0 Å². The maximum atomic E-state index is 12.6. The maximum Gasteiger partial charge on any atom is 0.261 e. The number of benzene rings is 1. The number of morpholine rings is 1. The van der Waals surface area contributed by atoms with Crippen LogP contribution in [-0.4, -0.2) is 46.2 Å². The van der Waals surface area contributed by atoms with Crippen molar-refractivity contribution < 1.29 is 9.53 Å². The lowest BCUT2D eigenvalue weighted by atomic mass is 10.2. The molecule has 0 N–H and O–H groups in total. The Morgan fingerprint density at radius 3 is 2.96 bits per heavy atom. The molecule has 1 aliphatic heterocycles. The van der Waals surface area contributed by atoms with Crippen LogP contribution < -0.4 is 5.56 Å². The van der Waals surface area contributed by atoms with Crippen molar-refractivity contribution in [3.63, 3.8) is 0 Å². The van der Waals surface area contributed by atoms with Gasteiger partial charge in [-0.25, -0.2) is 4.98 Å². The van der Waals surface area contributed by atoms with Gasteiger partial charge in [-0.15, -0.1) is 0 Å². The minimum Gasteiger partial charge on any atom is -0.375 e. The van der Waals surface area contributed by atoms with Crippen LogP contribution in [0.4, 0.5) is 0 Å². The van der Waals surface area contributed by atoms with Crippen LogP contribution in [0, 0.1) is 6.92 Å². The molecule has 1 amide bonds. The maximum absolute atomic E-state index is 12.6. The SMILES string of the molecule is CC[C@H]1CN(C(=O)CCn2c(C)nc3ccccc3c2=O)CCO1. The first kappa shape index (κ1) is 16.6. The Labute approximate surface area is 141 Å². The van der Waals surface area contributed by atoms with E-state index in [0.717, 1.165) is 6.42 Å². The van der Waals surface area contributed by atoms with Crippen molar-refractivity contribution in [3.8, 4) is 0 Å². The van der Waals surface area contributed by atoms with E-state index in [1.165, 1.54) is 0 Å². The summed E-state index contributed by atoms with van der Waals surface area (Å²) >= 11 is 0. The van der Waals surface area contributed by atoms with E-state index >= 15 is 0 Å². The largest absolute Gasteiger partial charge is 0.375 e. The molecular weight excluding hydrogens is 306 g/mol. The first-order valence-corrected chi connectivity index (χ1v) is 8.45. The Hall–Kier alpha value is -2.21. The molecule has 1 aromatic carbocycles. The Morgan fingerprint density at radius 1 is 1.38 bits per heavy atom.